The van der Waals surface area contributed by atoms with Crippen molar-refractivity contribution in [1.82, 2.24) is 14.3 Å². The Bertz CT molecular complexity index is 768. The van der Waals surface area contributed by atoms with Crippen LogP contribution in [0.4, 0.5) is 0 Å². The molecule has 0 radical (unpaired) electrons. The fourth-order valence-corrected chi connectivity index (χ4v) is 2.77. The molecule has 114 valence electrons. The molecule has 2 rings (SSSR count). The Morgan fingerprint density at radius 3 is 2.62 bits per heavy atom. The first-order valence-electron chi connectivity index (χ1n) is 6.03. The van der Waals surface area contributed by atoms with Gasteiger partial charge >= 0.3 is 5.97 Å². The summed E-state index contributed by atoms with van der Waals surface area (Å²) in [4.78, 5) is 14.8. The highest BCUT2D eigenvalue weighted by atomic mass is 32.2. The van der Waals surface area contributed by atoms with Crippen molar-refractivity contribution in [2.45, 2.75) is 25.4 Å². The average molecular weight is 313 g/mol. The molecule has 0 saturated heterocycles. The van der Waals surface area contributed by atoms with E-state index in [4.69, 9.17) is 9.52 Å². The van der Waals surface area contributed by atoms with Crippen LogP contribution in [0, 0.1) is 13.8 Å². The van der Waals surface area contributed by atoms with Crippen LogP contribution in [0.25, 0.3) is 0 Å². The highest BCUT2D eigenvalue weighted by Crippen LogP contribution is 2.15. The lowest BCUT2D eigenvalue weighted by atomic mass is 10.2. The lowest BCUT2D eigenvalue weighted by molar-refractivity contribution is 0.0695. The summed E-state index contributed by atoms with van der Waals surface area (Å²) in [5, 5.41) is 8.81. The molecule has 0 bridgehead atoms. The average Bonchev–Trinajstić information content (AvgIpc) is 2.92. The molecule has 0 aliphatic rings. The van der Waals surface area contributed by atoms with E-state index in [-0.39, 0.29) is 28.7 Å². The number of rotatable bonds is 5. The summed E-state index contributed by atoms with van der Waals surface area (Å²) in [6.07, 6.45) is 1.40. The number of nitrogens with zero attached hydrogens (tertiary/aromatic N) is 2. The topological polar surface area (TPSA) is 114 Å². The van der Waals surface area contributed by atoms with Gasteiger partial charge in [0.15, 0.2) is 5.03 Å². The Morgan fingerprint density at radius 2 is 2.14 bits per heavy atom. The van der Waals surface area contributed by atoms with Gasteiger partial charge in [0, 0.05) is 13.2 Å². The Morgan fingerprint density at radius 1 is 1.48 bits per heavy atom. The summed E-state index contributed by atoms with van der Waals surface area (Å²) in [5.41, 5.74) is 0.0119. The molecule has 0 aromatic carbocycles. The van der Waals surface area contributed by atoms with Crippen molar-refractivity contribution in [3.8, 4) is 0 Å². The number of aryl methyl sites for hydroxylation is 3. The van der Waals surface area contributed by atoms with Crippen LogP contribution in [0.2, 0.25) is 0 Å². The summed E-state index contributed by atoms with van der Waals surface area (Å²) >= 11 is 0. The van der Waals surface area contributed by atoms with Gasteiger partial charge in [0.2, 0.25) is 0 Å². The fourth-order valence-electron chi connectivity index (χ4n) is 1.74. The van der Waals surface area contributed by atoms with Gasteiger partial charge in [-0.05, 0) is 19.9 Å². The second kappa shape index (κ2) is 5.34. The van der Waals surface area contributed by atoms with E-state index < -0.39 is 16.0 Å². The van der Waals surface area contributed by atoms with Gasteiger partial charge in [0.05, 0.1) is 6.54 Å². The van der Waals surface area contributed by atoms with Crippen LogP contribution in [0.3, 0.4) is 0 Å². The number of carboxylic acids is 1. The molecule has 8 nitrogen and oxygen atoms in total. The monoisotopic (exact) mass is 313 g/mol. The Balaban J connectivity index is 2.15. The number of sulfonamides is 1. The van der Waals surface area contributed by atoms with E-state index in [1.54, 1.807) is 18.5 Å². The van der Waals surface area contributed by atoms with Crippen molar-refractivity contribution in [1.29, 1.82) is 0 Å². The number of furan rings is 1. The smallest absolute Gasteiger partial charge is 0.339 e. The molecule has 2 N–H and O–H groups in total. The van der Waals surface area contributed by atoms with Crippen LogP contribution in [0.15, 0.2) is 21.7 Å². The molecule has 0 atom stereocenters. The van der Waals surface area contributed by atoms with E-state index in [1.165, 1.54) is 19.2 Å². The van der Waals surface area contributed by atoms with Crippen molar-refractivity contribution in [2.24, 2.45) is 7.05 Å². The van der Waals surface area contributed by atoms with Crippen molar-refractivity contribution < 1.29 is 22.7 Å². The van der Waals surface area contributed by atoms with E-state index in [2.05, 4.69) is 9.71 Å². The molecule has 0 amide bonds. The molecule has 9 heteroatoms. The number of nitrogens with one attached hydrogen (secondary N) is 1. The zero-order valence-corrected chi connectivity index (χ0v) is 12.6. The van der Waals surface area contributed by atoms with Crippen molar-refractivity contribution >= 4 is 16.0 Å². The van der Waals surface area contributed by atoms with E-state index in [1.807, 2.05) is 0 Å². The maximum atomic E-state index is 12.1. The first-order chi connectivity index (χ1) is 9.70. The van der Waals surface area contributed by atoms with Crippen molar-refractivity contribution in [3.05, 3.63) is 35.2 Å². The zero-order valence-electron chi connectivity index (χ0n) is 11.7. The first kappa shape index (κ1) is 15.3. The fraction of sp³-hybridized carbons (Fsp3) is 0.333. The van der Waals surface area contributed by atoms with Crippen LogP contribution in [0.1, 0.15) is 27.7 Å². The largest absolute Gasteiger partial charge is 0.478 e. The van der Waals surface area contributed by atoms with E-state index in [0.29, 0.717) is 5.82 Å². The van der Waals surface area contributed by atoms with E-state index in [9.17, 15) is 13.2 Å². The second-order valence-electron chi connectivity index (χ2n) is 4.55. The number of imidazole rings is 1. The zero-order chi connectivity index (χ0) is 15.8. The standard InChI is InChI=1S/C12H15N3O5S/c1-7-10(12(16)17)4-9(20-7)5-13-21(18,19)11-6-15(3)8(2)14-11/h4,6,13H,5H2,1-3H3,(H,16,17). The number of hydrogen-bond acceptors (Lipinski definition) is 5. The van der Waals surface area contributed by atoms with Gasteiger partial charge in [-0.25, -0.2) is 22.9 Å². The van der Waals surface area contributed by atoms with Crippen molar-refractivity contribution in [3.63, 3.8) is 0 Å². The van der Waals surface area contributed by atoms with Crippen LogP contribution < -0.4 is 4.72 Å². The Labute approximate surface area is 121 Å². The molecule has 2 aromatic heterocycles. The molecule has 21 heavy (non-hydrogen) atoms. The third-order valence-electron chi connectivity index (χ3n) is 3.00. The number of aromatic nitrogens is 2. The first-order valence-corrected chi connectivity index (χ1v) is 7.51. The van der Waals surface area contributed by atoms with Gasteiger partial charge in [-0.3, -0.25) is 0 Å². The summed E-state index contributed by atoms with van der Waals surface area (Å²) in [6, 6.07) is 1.30. The third-order valence-corrected chi connectivity index (χ3v) is 4.27. The highest BCUT2D eigenvalue weighted by molar-refractivity contribution is 7.89. The van der Waals surface area contributed by atoms with Crippen molar-refractivity contribution in [2.75, 3.05) is 0 Å². The van der Waals surface area contributed by atoms with Crippen LogP contribution >= 0.6 is 0 Å². The molecule has 0 saturated carbocycles. The Hall–Kier alpha value is -2.13. The van der Waals surface area contributed by atoms with Crippen LogP contribution in [-0.4, -0.2) is 29.0 Å². The van der Waals surface area contributed by atoms with Gasteiger partial charge in [-0.15, -0.1) is 0 Å². The summed E-state index contributed by atoms with van der Waals surface area (Å²) < 4.78 is 33.2. The summed E-state index contributed by atoms with van der Waals surface area (Å²) in [7, 11) is -2.08. The minimum Gasteiger partial charge on any atom is -0.478 e. The molecule has 0 aliphatic heterocycles. The van der Waals surface area contributed by atoms with Crippen LogP contribution in [-0.2, 0) is 23.6 Å². The third kappa shape index (κ3) is 3.14. The second-order valence-corrected chi connectivity index (χ2v) is 6.26. The Kier molecular flexibility index (Phi) is 3.88. The van der Waals surface area contributed by atoms with Gasteiger partial charge in [-0.1, -0.05) is 0 Å². The predicted octanol–water partition coefficient (Wildman–Crippen LogP) is 0.807. The SMILES string of the molecule is Cc1oc(CNS(=O)(=O)c2cn(C)c(C)n2)cc1C(=O)O. The molecule has 0 aliphatic carbocycles. The quantitative estimate of drug-likeness (QED) is 0.844. The van der Waals surface area contributed by atoms with E-state index in [0.717, 1.165) is 0 Å². The lowest BCUT2D eigenvalue weighted by Gasteiger charge is -2.01. The molecule has 0 fully saturated rings. The normalized spacial score (nSPS) is 11.8. The molecule has 2 heterocycles. The summed E-state index contributed by atoms with van der Waals surface area (Å²) in [5.74, 6) is -0.102. The summed E-state index contributed by atoms with van der Waals surface area (Å²) in [6.45, 7) is 3.05. The minimum absolute atomic E-state index is 0.0119. The number of carbonyl (C=O) groups is 1. The predicted molar refractivity (Wildman–Crippen MR) is 72.4 cm³/mol. The minimum atomic E-state index is -3.77. The maximum Gasteiger partial charge on any atom is 0.339 e. The molecule has 0 unspecified atom stereocenters. The van der Waals surface area contributed by atoms with Gasteiger partial charge in [-0.2, -0.15) is 0 Å². The number of hydrogen-bond donors (Lipinski definition) is 2. The molecular formula is C12H15N3O5S. The lowest BCUT2D eigenvalue weighted by Crippen LogP contribution is -2.23. The van der Waals surface area contributed by atoms with Gasteiger partial charge < -0.3 is 14.1 Å². The molecule has 2 aromatic rings. The van der Waals surface area contributed by atoms with Crippen LogP contribution in [0.5, 0.6) is 0 Å². The van der Waals surface area contributed by atoms with Gasteiger partial charge in [0.25, 0.3) is 10.0 Å². The highest BCUT2D eigenvalue weighted by Gasteiger charge is 2.20. The maximum absolute atomic E-state index is 12.1. The van der Waals surface area contributed by atoms with Gasteiger partial charge in [0.1, 0.15) is 22.9 Å². The number of aromatic carboxylic acids is 1. The van der Waals surface area contributed by atoms with E-state index >= 15 is 0 Å². The molecular weight excluding hydrogens is 298 g/mol. The number of carboxylic acid groups (broad SMARTS) is 1. The molecule has 0 spiro atoms.